The zero-order chi connectivity index (χ0) is 14.9. The van der Waals surface area contributed by atoms with Gasteiger partial charge in [-0.25, -0.2) is 18.1 Å². The fourth-order valence-corrected chi connectivity index (χ4v) is 3.18. The molecule has 1 heterocycles. The summed E-state index contributed by atoms with van der Waals surface area (Å²) in [6.45, 7) is 2.23. The Morgan fingerprint density at radius 3 is 2.81 bits per heavy atom. The van der Waals surface area contributed by atoms with Gasteiger partial charge in [-0.2, -0.15) is 0 Å². The molecule has 3 rings (SSSR count). The van der Waals surface area contributed by atoms with Crippen molar-refractivity contribution in [3.8, 4) is 0 Å². The number of fused-ring (bicyclic) bond motifs is 1. The molecule has 0 fully saturated rings. The van der Waals surface area contributed by atoms with Gasteiger partial charge in [0.2, 0.25) is 10.0 Å². The number of hydrogen-bond acceptors (Lipinski definition) is 3. The number of H-pyrrole nitrogens is 1. The monoisotopic (exact) mass is 301 g/mol. The van der Waals surface area contributed by atoms with Gasteiger partial charge < -0.3 is 4.98 Å². The summed E-state index contributed by atoms with van der Waals surface area (Å²) in [5.41, 5.74) is 3.47. The number of hydrogen-bond donors (Lipinski definition) is 2. The van der Waals surface area contributed by atoms with E-state index in [1.807, 2.05) is 31.2 Å². The topological polar surface area (TPSA) is 74.8 Å². The highest BCUT2D eigenvalue weighted by atomic mass is 32.2. The van der Waals surface area contributed by atoms with Gasteiger partial charge in [0.1, 0.15) is 0 Å². The molecule has 0 radical (unpaired) electrons. The fraction of sp³-hybridized carbons (Fsp3) is 0.133. The van der Waals surface area contributed by atoms with Crippen LogP contribution in [-0.2, 0) is 16.6 Å². The summed E-state index contributed by atoms with van der Waals surface area (Å²) in [5, 5.41) is 0. The van der Waals surface area contributed by atoms with E-state index in [9.17, 15) is 8.42 Å². The molecule has 0 aliphatic carbocycles. The maximum atomic E-state index is 12.3. The van der Waals surface area contributed by atoms with Gasteiger partial charge in [-0.05, 0) is 36.2 Å². The summed E-state index contributed by atoms with van der Waals surface area (Å²) in [6.07, 6.45) is 1.54. The molecule has 5 nitrogen and oxygen atoms in total. The van der Waals surface area contributed by atoms with Gasteiger partial charge in [-0.3, -0.25) is 0 Å². The number of imidazole rings is 1. The lowest BCUT2D eigenvalue weighted by atomic mass is 10.1. The number of aromatic nitrogens is 2. The second-order valence-corrected chi connectivity index (χ2v) is 6.60. The first-order valence-electron chi connectivity index (χ1n) is 6.53. The Bertz CT molecular complexity index is 885. The van der Waals surface area contributed by atoms with Gasteiger partial charge in [-0.1, -0.05) is 24.3 Å². The predicted octanol–water partition coefficient (Wildman–Crippen LogP) is 2.35. The molecule has 0 aliphatic heterocycles. The van der Waals surface area contributed by atoms with Crippen molar-refractivity contribution in [1.82, 2.24) is 14.7 Å². The molecule has 0 atom stereocenters. The van der Waals surface area contributed by atoms with Crippen LogP contribution >= 0.6 is 0 Å². The summed E-state index contributed by atoms with van der Waals surface area (Å²) in [7, 11) is -3.54. The first-order chi connectivity index (χ1) is 10.1. The Morgan fingerprint density at radius 2 is 2.00 bits per heavy atom. The predicted molar refractivity (Wildman–Crippen MR) is 81.3 cm³/mol. The van der Waals surface area contributed by atoms with Gasteiger partial charge >= 0.3 is 0 Å². The minimum absolute atomic E-state index is 0.229. The number of sulfonamides is 1. The minimum Gasteiger partial charge on any atom is -0.345 e. The first-order valence-corrected chi connectivity index (χ1v) is 8.02. The maximum absolute atomic E-state index is 12.3. The Morgan fingerprint density at radius 1 is 1.19 bits per heavy atom. The van der Waals surface area contributed by atoms with Gasteiger partial charge in [-0.15, -0.1) is 0 Å². The Kier molecular flexibility index (Phi) is 3.48. The second kappa shape index (κ2) is 5.31. The molecule has 0 bridgehead atoms. The molecule has 21 heavy (non-hydrogen) atoms. The Hall–Kier alpha value is -2.18. The standard InChI is InChI=1S/C15H15N3O2S/c1-11-4-2-3-5-12(11)9-18-21(19,20)13-6-7-14-15(8-13)17-10-16-14/h2-8,10,18H,9H2,1H3,(H,16,17). The summed E-state index contributed by atoms with van der Waals surface area (Å²) < 4.78 is 27.3. The number of aryl methyl sites for hydroxylation is 1. The van der Waals surface area contributed by atoms with E-state index in [-0.39, 0.29) is 11.4 Å². The second-order valence-electron chi connectivity index (χ2n) is 4.83. The number of nitrogens with one attached hydrogen (secondary N) is 2. The highest BCUT2D eigenvalue weighted by Crippen LogP contribution is 2.16. The van der Waals surface area contributed by atoms with E-state index in [4.69, 9.17) is 0 Å². The highest BCUT2D eigenvalue weighted by molar-refractivity contribution is 7.89. The van der Waals surface area contributed by atoms with Gasteiger partial charge in [0.25, 0.3) is 0 Å². The molecule has 0 saturated carbocycles. The molecule has 1 aromatic heterocycles. The van der Waals surface area contributed by atoms with E-state index in [2.05, 4.69) is 14.7 Å². The van der Waals surface area contributed by atoms with E-state index in [1.165, 1.54) is 0 Å². The van der Waals surface area contributed by atoms with Crippen LogP contribution in [0.15, 0.2) is 53.7 Å². The van der Waals surface area contributed by atoms with E-state index < -0.39 is 10.0 Å². The zero-order valence-electron chi connectivity index (χ0n) is 11.5. The molecule has 0 unspecified atom stereocenters. The van der Waals surface area contributed by atoms with Crippen molar-refractivity contribution in [3.05, 3.63) is 59.9 Å². The molecule has 108 valence electrons. The molecule has 2 N–H and O–H groups in total. The van der Waals surface area contributed by atoms with Crippen LogP contribution in [0.25, 0.3) is 11.0 Å². The van der Waals surface area contributed by atoms with Crippen molar-refractivity contribution < 1.29 is 8.42 Å². The summed E-state index contributed by atoms with van der Waals surface area (Å²) in [4.78, 5) is 7.22. The van der Waals surface area contributed by atoms with Crippen LogP contribution in [0.4, 0.5) is 0 Å². The number of aromatic amines is 1. The molecule has 6 heteroatoms. The minimum atomic E-state index is -3.54. The third kappa shape index (κ3) is 2.81. The molecule has 0 aliphatic rings. The lowest BCUT2D eigenvalue weighted by molar-refractivity contribution is 0.581. The van der Waals surface area contributed by atoms with E-state index >= 15 is 0 Å². The number of nitrogens with zero attached hydrogens (tertiary/aromatic N) is 1. The van der Waals surface area contributed by atoms with Crippen molar-refractivity contribution in [2.24, 2.45) is 0 Å². The van der Waals surface area contributed by atoms with Gasteiger partial charge in [0.05, 0.1) is 22.3 Å². The lowest BCUT2D eigenvalue weighted by Gasteiger charge is -2.09. The lowest BCUT2D eigenvalue weighted by Crippen LogP contribution is -2.23. The third-order valence-electron chi connectivity index (χ3n) is 3.42. The van der Waals surface area contributed by atoms with Crippen molar-refractivity contribution in [2.45, 2.75) is 18.4 Å². The van der Waals surface area contributed by atoms with Crippen LogP contribution in [0.1, 0.15) is 11.1 Å². The summed E-state index contributed by atoms with van der Waals surface area (Å²) in [5.74, 6) is 0. The van der Waals surface area contributed by atoms with E-state index in [0.717, 1.165) is 16.6 Å². The van der Waals surface area contributed by atoms with Crippen LogP contribution in [0.5, 0.6) is 0 Å². The van der Waals surface area contributed by atoms with Crippen molar-refractivity contribution >= 4 is 21.1 Å². The largest absolute Gasteiger partial charge is 0.345 e. The van der Waals surface area contributed by atoms with Gasteiger partial charge in [0, 0.05) is 6.54 Å². The smallest absolute Gasteiger partial charge is 0.240 e. The van der Waals surface area contributed by atoms with Crippen LogP contribution in [-0.4, -0.2) is 18.4 Å². The van der Waals surface area contributed by atoms with Gasteiger partial charge in [0.15, 0.2) is 0 Å². The average molecular weight is 301 g/mol. The summed E-state index contributed by atoms with van der Waals surface area (Å²) >= 11 is 0. The van der Waals surface area contributed by atoms with Crippen LogP contribution < -0.4 is 4.72 Å². The quantitative estimate of drug-likeness (QED) is 0.776. The Balaban J connectivity index is 1.85. The summed E-state index contributed by atoms with van der Waals surface area (Å²) in [6, 6.07) is 12.5. The van der Waals surface area contributed by atoms with Crippen LogP contribution in [0.2, 0.25) is 0 Å². The normalized spacial score (nSPS) is 11.9. The molecule has 0 spiro atoms. The molecular formula is C15H15N3O2S. The fourth-order valence-electron chi connectivity index (χ4n) is 2.15. The van der Waals surface area contributed by atoms with Crippen molar-refractivity contribution in [3.63, 3.8) is 0 Å². The number of benzene rings is 2. The van der Waals surface area contributed by atoms with Crippen molar-refractivity contribution in [1.29, 1.82) is 0 Å². The highest BCUT2D eigenvalue weighted by Gasteiger charge is 2.15. The first kappa shape index (κ1) is 13.8. The molecule has 3 aromatic rings. The molecule has 0 saturated heterocycles. The molecule has 2 aromatic carbocycles. The number of rotatable bonds is 4. The molecule has 0 amide bonds. The SMILES string of the molecule is Cc1ccccc1CNS(=O)(=O)c1ccc2nc[nH]c2c1. The van der Waals surface area contributed by atoms with E-state index in [1.54, 1.807) is 24.5 Å². The Labute approximate surface area is 123 Å². The maximum Gasteiger partial charge on any atom is 0.240 e. The zero-order valence-corrected chi connectivity index (χ0v) is 12.3. The van der Waals surface area contributed by atoms with Crippen LogP contribution in [0, 0.1) is 6.92 Å². The van der Waals surface area contributed by atoms with Crippen LogP contribution in [0.3, 0.4) is 0 Å². The van der Waals surface area contributed by atoms with Crippen molar-refractivity contribution in [2.75, 3.05) is 0 Å². The average Bonchev–Trinajstić information content (AvgIpc) is 2.94. The third-order valence-corrected chi connectivity index (χ3v) is 4.81. The van der Waals surface area contributed by atoms with E-state index in [0.29, 0.717) is 5.52 Å². The molecular weight excluding hydrogens is 286 g/mol.